The maximum atomic E-state index is 11.7. The molecule has 110 valence electrons. The van der Waals surface area contributed by atoms with Crippen molar-refractivity contribution in [3.05, 3.63) is 40.3 Å². The lowest BCUT2D eigenvalue weighted by Gasteiger charge is -2.22. The van der Waals surface area contributed by atoms with E-state index in [0.29, 0.717) is 4.98 Å². The summed E-state index contributed by atoms with van der Waals surface area (Å²) in [5.74, 6) is -0.979. The van der Waals surface area contributed by atoms with E-state index in [2.05, 4.69) is 5.59 Å². The third kappa shape index (κ3) is 4.51. The summed E-state index contributed by atoms with van der Waals surface area (Å²) in [6, 6.07) is 6.23. The predicted octanol–water partition coefficient (Wildman–Crippen LogP) is 1.75. The minimum atomic E-state index is -0.979. The number of rotatable bonds is 6. The molecule has 20 heavy (non-hydrogen) atoms. The first kappa shape index (κ1) is 15.9. The molecule has 0 aromatic heterocycles. The monoisotopic (exact) mass is 282 g/mol. The maximum absolute atomic E-state index is 11.7. The van der Waals surface area contributed by atoms with Crippen LogP contribution in [0.25, 0.3) is 0 Å². The molecule has 0 saturated heterocycles. The van der Waals surface area contributed by atoms with Gasteiger partial charge in [-0.05, 0) is 38.5 Å². The van der Waals surface area contributed by atoms with E-state index in [-0.39, 0.29) is 17.7 Å². The van der Waals surface area contributed by atoms with Crippen LogP contribution in [0.1, 0.15) is 36.7 Å². The molecular weight excluding hydrogens is 262 g/mol. The highest BCUT2D eigenvalue weighted by atomic mass is 16.7. The Morgan fingerprint density at radius 2 is 1.90 bits per heavy atom. The van der Waals surface area contributed by atoms with Crippen LogP contribution in [-0.2, 0) is 11.4 Å². The summed E-state index contributed by atoms with van der Waals surface area (Å²) in [4.78, 5) is 27.9. The quantitative estimate of drug-likeness (QED) is 0.611. The van der Waals surface area contributed by atoms with Gasteiger partial charge in [-0.3, -0.25) is 0 Å². The van der Waals surface area contributed by atoms with Gasteiger partial charge in [0, 0.05) is 5.59 Å². The van der Waals surface area contributed by atoms with E-state index >= 15 is 0 Å². The van der Waals surface area contributed by atoms with Crippen molar-refractivity contribution >= 4 is 5.97 Å². The largest absolute Gasteiger partial charge is 0.478 e. The highest BCUT2D eigenvalue weighted by Gasteiger charge is 2.29. The number of nitrogens with zero attached hydrogens (tertiary/aromatic N) is 2. The van der Waals surface area contributed by atoms with Gasteiger partial charge in [0.2, 0.25) is 0 Å². The summed E-state index contributed by atoms with van der Waals surface area (Å²) in [6.07, 6.45) is 0. The van der Waals surface area contributed by atoms with Crippen molar-refractivity contribution in [3.8, 4) is 0 Å². The number of carbonyl (C=O) groups is 1. The number of hydrogen-bond donors (Lipinski definition) is 2. The molecular formula is C13H20N3O4+. The zero-order valence-electron chi connectivity index (χ0n) is 12.1. The average molecular weight is 282 g/mol. The molecule has 0 fully saturated rings. The van der Waals surface area contributed by atoms with Gasteiger partial charge >= 0.3 is 5.97 Å². The Bertz CT molecular complexity index is 479. The first-order valence-corrected chi connectivity index (χ1v) is 6.12. The fourth-order valence-electron chi connectivity index (χ4n) is 1.25. The molecule has 0 aliphatic heterocycles. The van der Waals surface area contributed by atoms with Gasteiger partial charge in [-0.25, -0.2) is 9.63 Å². The Balaban J connectivity index is 2.45. The van der Waals surface area contributed by atoms with E-state index in [0.717, 1.165) is 5.56 Å². The van der Waals surface area contributed by atoms with Gasteiger partial charge in [-0.1, -0.05) is 12.1 Å². The van der Waals surface area contributed by atoms with Crippen molar-refractivity contribution in [1.82, 2.24) is 10.6 Å². The zero-order valence-corrected chi connectivity index (χ0v) is 12.1. The Morgan fingerprint density at radius 1 is 1.35 bits per heavy atom. The van der Waals surface area contributed by atoms with E-state index in [4.69, 9.17) is 9.94 Å². The third-order valence-electron chi connectivity index (χ3n) is 2.83. The highest BCUT2D eigenvalue weighted by Crippen LogP contribution is 2.09. The third-order valence-corrected chi connectivity index (χ3v) is 2.83. The van der Waals surface area contributed by atoms with E-state index in [1.807, 2.05) is 20.8 Å². The Morgan fingerprint density at radius 3 is 2.35 bits per heavy atom. The summed E-state index contributed by atoms with van der Waals surface area (Å²) in [6.45, 7) is 5.83. The minimum absolute atomic E-state index is 0.149. The van der Waals surface area contributed by atoms with E-state index in [1.165, 1.54) is 17.1 Å². The lowest BCUT2D eigenvalue weighted by Crippen LogP contribution is -2.49. The van der Waals surface area contributed by atoms with Crippen LogP contribution >= 0.6 is 0 Å². The fraction of sp³-hybridized carbons (Fsp3) is 0.462. The molecule has 1 aromatic carbocycles. The number of nitroso groups, excluding NO2 is 1. The molecule has 0 atom stereocenters. The number of hydrogen-bond acceptors (Lipinski definition) is 3. The van der Waals surface area contributed by atoms with Crippen LogP contribution < -0.4 is 5.59 Å². The van der Waals surface area contributed by atoms with Crippen LogP contribution in [0, 0.1) is 4.91 Å². The first-order chi connectivity index (χ1) is 9.21. The molecule has 0 amide bonds. The van der Waals surface area contributed by atoms with Crippen molar-refractivity contribution in [2.24, 2.45) is 0 Å². The van der Waals surface area contributed by atoms with E-state index < -0.39 is 5.97 Å². The van der Waals surface area contributed by atoms with Gasteiger partial charge in [0.15, 0.2) is 0 Å². The van der Waals surface area contributed by atoms with Gasteiger partial charge < -0.3 is 5.11 Å². The minimum Gasteiger partial charge on any atom is -0.478 e. The molecule has 7 heteroatoms. The van der Waals surface area contributed by atoms with Crippen molar-refractivity contribution in [3.63, 3.8) is 0 Å². The second-order valence-electron chi connectivity index (χ2n) is 5.35. The topological polar surface area (TPSA) is 81.9 Å². The molecule has 0 unspecified atom stereocenters. The molecule has 0 bridgehead atoms. The van der Waals surface area contributed by atoms with Crippen LogP contribution in [0.2, 0.25) is 0 Å². The Kier molecular flexibility index (Phi) is 5.04. The summed E-state index contributed by atoms with van der Waals surface area (Å²) in [7, 11) is 1.64. The second-order valence-corrected chi connectivity index (χ2v) is 5.35. The van der Waals surface area contributed by atoms with Crippen LogP contribution in [0.15, 0.2) is 24.3 Å². The van der Waals surface area contributed by atoms with E-state index in [1.54, 1.807) is 19.2 Å². The van der Waals surface area contributed by atoms with Gasteiger partial charge in [0.1, 0.15) is 6.61 Å². The number of hydrazine groups is 2. The highest BCUT2D eigenvalue weighted by molar-refractivity contribution is 5.87. The fourth-order valence-corrected chi connectivity index (χ4v) is 1.25. The predicted molar refractivity (Wildman–Crippen MR) is 72.5 cm³/mol. The summed E-state index contributed by atoms with van der Waals surface area (Å²) >= 11 is 0. The number of carboxylic acids is 1. The Labute approximate surface area is 117 Å². The van der Waals surface area contributed by atoms with Crippen LogP contribution in [-0.4, -0.2) is 33.6 Å². The number of benzene rings is 1. The molecule has 1 rings (SSSR count). The van der Waals surface area contributed by atoms with E-state index in [9.17, 15) is 9.70 Å². The second kappa shape index (κ2) is 6.33. The molecule has 0 aliphatic carbocycles. The summed E-state index contributed by atoms with van der Waals surface area (Å²) in [5.41, 5.74) is 2.90. The lowest BCUT2D eigenvalue weighted by molar-refractivity contribution is -0.796. The first-order valence-electron chi connectivity index (χ1n) is 6.12. The molecule has 2 N–H and O–H groups in total. The van der Waals surface area contributed by atoms with Gasteiger partial charge in [-0.15, -0.1) is 5.01 Å². The van der Waals surface area contributed by atoms with Crippen molar-refractivity contribution in [2.75, 3.05) is 7.05 Å². The molecule has 0 spiro atoms. The Hall–Kier alpha value is -2.15. The van der Waals surface area contributed by atoms with Crippen molar-refractivity contribution in [1.29, 1.82) is 0 Å². The molecule has 0 saturated carbocycles. The standard InChI is InChI=1S/C13H19N3O4/c1-13(2,3)15(4)16(19)14-20-9-10-5-7-11(8-6-10)12(17)18/h5-8H,9H2,1-4H3,(H-,14,17,18,19)/p+1. The van der Waals surface area contributed by atoms with Gasteiger partial charge in [-0.2, -0.15) is 0 Å². The molecule has 1 aromatic rings. The van der Waals surface area contributed by atoms with Gasteiger partial charge in [0.25, 0.3) is 4.98 Å². The molecule has 7 nitrogen and oxygen atoms in total. The van der Waals surface area contributed by atoms with Crippen LogP contribution in [0.5, 0.6) is 0 Å². The molecule has 0 aliphatic rings. The zero-order chi connectivity index (χ0) is 15.3. The number of aromatic carboxylic acids is 1. The SMILES string of the molecule is CN([N+](=O)NOCc1ccc(C(=O)O)cc1)C(C)(C)C. The van der Waals surface area contributed by atoms with Crippen molar-refractivity contribution in [2.45, 2.75) is 32.9 Å². The van der Waals surface area contributed by atoms with Crippen LogP contribution in [0.4, 0.5) is 0 Å². The summed E-state index contributed by atoms with van der Waals surface area (Å²) in [5, 5.41) is 10.2. The smallest absolute Gasteiger partial charge is 0.335 e. The number of nitrogens with one attached hydrogen (secondary N) is 1. The van der Waals surface area contributed by atoms with Gasteiger partial charge in [0.05, 0.1) is 23.1 Å². The average Bonchev–Trinajstić information content (AvgIpc) is 2.37. The van der Waals surface area contributed by atoms with Crippen molar-refractivity contribution < 1.29 is 19.7 Å². The molecule has 0 radical (unpaired) electrons. The normalized spacial score (nSPS) is 11.0. The number of carboxylic acid groups (broad SMARTS) is 1. The van der Waals surface area contributed by atoms with Crippen LogP contribution in [0.3, 0.4) is 0 Å². The lowest BCUT2D eigenvalue weighted by atomic mass is 10.1. The summed E-state index contributed by atoms with van der Waals surface area (Å²) < 4.78 is 0. The molecule has 0 heterocycles. The maximum Gasteiger partial charge on any atom is 0.335 e.